The van der Waals surface area contributed by atoms with Crippen LogP contribution in [-0.4, -0.2) is 66.8 Å². The number of benzene rings is 2. The number of hydrogen-bond acceptors (Lipinski definition) is 7. The minimum Gasteiger partial charge on any atom is -0.490 e. The zero-order chi connectivity index (χ0) is 33.6. The summed E-state index contributed by atoms with van der Waals surface area (Å²) in [6, 6.07) is 13.9. The molecule has 0 unspecified atom stereocenters. The number of amides is 2. The third-order valence-electron chi connectivity index (χ3n) is 9.37. The van der Waals surface area contributed by atoms with E-state index >= 15 is 0 Å². The molecule has 0 radical (unpaired) electrons. The molecule has 47 heavy (non-hydrogen) atoms. The second kappa shape index (κ2) is 14.8. The Morgan fingerprint density at radius 2 is 1.74 bits per heavy atom. The number of rotatable bonds is 16. The van der Waals surface area contributed by atoms with Gasteiger partial charge in [0.25, 0.3) is 0 Å². The van der Waals surface area contributed by atoms with Crippen molar-refractivity contribution in [2.24, 2.45) is 22.9 Å². The zero-order valence-corrected chi connectivity index (χ0v) is 27.4. The molecule has 3 aliphatic carbocycles. The quantitative estimate of drug-likeness (QED) is 0.0915. The van der Waals surface area contributed by atoms with Crippen molar-refractivity contribution >= 4 is 23.5 Å². The fourth-order valence-corrected chi connectivity index (χ4v) is 6.74. The van der Waals surface area contributed by atoms with Gasteiger partial charge in [-0.15, -0.1) is 13.2 Å². The van der Waals surface area contributed by atoms with Crippen molar-refractivity contribution in [2.75, 3.05) is 26.8 Å². The van der Waals surface area contributed by atoms with Crippen molar-refractivity contribution < 1.29 is 28.7 Å². The van der Waals surface area contributed by atoms with Crippen LogP contribution >= 0.6 is 0 Å². The predicted octanol–water partition coefficient (Wildman–Crippen LogP) is 5.83. The molecule has 0 bridgehead atoms. The molecule has 0 heterocycles. The fraction of sp³-hybridized carbons (Fsp3) is 0.421. The average Bonchev–Trinajstić information content (AvgIpc) is 3.48. The van der Waals surface area contributed by atoms with E-state index < -0.39 is 29.4 Å². The number of fused-ring (bicyclic) bond motifs is 3. The van der Waals surface area contributed by atoms with E-state index in [2.05, 4.69) is 30.2 Å². The van der Waals surface area contributed by atoms with Crippen LogP contribution in [0.3, 0.4) is 0 Å². The lowest BCUT2D eigenvalue weighted by Gasteiger charge is -2.26. The molecule has 2 saturated carbocycles. The molecule has 5 rings (SSSR count). The van der Waals surface area contributed by atoms with E-state index in [1.54, 1.807) is 31.0 Å². The maximum Gasteiger partial charge on any atom is 0.332 e. The van der Waals surface area contributed by atoms with Crippen LogP contribution in [0, 0.1) is 17.8 Å². The molecule has 3 aliphatic rings. The Morgan fingerprint density at radius 3 is 2.45 bits per heavy atom. The highest BCUT2D eigenvalue weighted by Crippen LogP contribution is 2.47. The normalized spacial score (nSPS) is 24.4. The summed E-state index contributed by atoms with van der Waals surface area (Å²) in [5, 5.41) is 7.63. The Balaban J connectivity index is 1.39. The molecule has 0 aliphatic heterocycles. The van der Waals surface area contributed by atoms with Crippen LogP contribution in [0.4, 0.5) is 0 Å². The van der Waals surface area contributed by atoms with Crippen molar-refractivity contribution in [3.63, 3.8) is 0 Å². The molecular formula is C38H45N3O6. The summed E-state index contributed by atoms with van der Waals surface area (Å²) in [6.45, 7) is 14.2. The number of unbranched alkanes of at least 4 members (excludes halogenated alkanes) is 2. The van der Waals surface area contributed by atoms with Gasteiger partial charge in [-0.3, -0.25) is 9.59 Å². The molecule has 0 aromatic heterocycles. The first-order valence-electron chi connectivity index (χ1n) is 16.5. The standard InChI is InChI=1S/C38H45N3O6/c1-6-10-11-14-19-41(5)36(43)33-23-27(22-32(33)35(42)39-38(24-25(38)8-3)37(44)45-9-4)47-40-34-30-16-13-12-15-28(30)29-18-17-26(21-31(29)34)46-20-7-2/h6-8,12-13,15-18,21,25,27,32-33H,1-3,9-11,14,19-20,22-24H2,4-5H3,(H,39,42)/t25-,27-,32-,33-,38-/m1/s1. The van der Waals surface area contributed by atoms with Crippen molar-refractivity contribution in [3.05, 3.63) is 91.6 Å². The Bertz CT molecular complexity index is 1570. The summed E-state index contributed by atoms with van der Waals surface area (Å²) in [5.74, 6) is -1.83. The Morgan fingerprint density at radius 1 is 1.00 bits per heavy atom. The number of carbonyl (C=O) groups excluding carboxylic acids is 3. The van der Waals surface area contributed by atoms with Crippen LogP contribution in [0.15, 0.2) is 85.6 Å². The molecule has 2 fully saturated rings. The van der Waals surface area contributed by atoms with Crippen LogP contribution in [0.1, 0.15) is 56.6 Å². The number of carbonyl (C=O) groups is 3. The summed E-state index contributed by atoms with van der Waals surface area (Å²) < 4.78 is 11.1. The minimum absolute atomic E-state index is 0.121. The van der Waals surface area contributed by atoms with Crippen molar-refractivity contribution in [1.29, 1.82) is 0 Å². The lowest BCUT2D eigenvalue weighted by Crippen LogP contribution is -2.50. The number of esters is 1. The van der Waals surface area contributed by atoms with Gasteiger partial charge in [0.05, 0.1) is 18.4 Å². The van der Waals surface area contributed by atoms with Gasteiger partial charge in [-0.05, 0) is 74.8 Å². The van der Waals surface area contributed by atoms with Crippen molar-refractivity contribution in [3.8, 4) is 16.9 Å². The van der Waals surface area contributed by atoms with E-state index in [4.69, 9.17) is 14.3 Å². The first-order valence-corrected chi connectivity index (χ1v) is 16.5. The first-order chi connectivity index (χ1) is 22.8. The lowest BCUT2D eigenvalue weighted by molar-refractivity contribution is -0.150. The van der Waals surface area contributed by atoms with Gasteiger partial charge in [0.15, 0.2) is 0 Å². The predicted molar refractivity (Wildman–Crippen MR) is 182 cm³/mol. The second-order valence-corrected chi connectivity index (χ2v) is 12.5. The topological polar surface area (TPSA) is 107 Å². The molecule has 0 saturated heterocycles. The molecule has 1 N–H and O–H groups in total. The SMILES string of the molecule is C=CCCCCN(C)C(=O)[C@@H]1C[C@H](ON=C2c3ccccc3-c3ccc(OCC=C)cc32)C[C@H]1C(=O)N[C@]1(C(=O)OCC)C[C@H]1C=C. The number of hydrogen-bond donors (Lipinski definition) is 1. The van der Waals surface area contributed by atoms with E-state index in [1.165, 1.54) is 0 Å². The minimum atomic E-state index is -1.15. The van der Waals surface area contributed by atoms with E-state index in [-0.39, 0.29) is 30.8 Å². The molecule has 5 atom stereocenters. The maximum atomic E-state index is 13.9. The molecule has 0 spiro atoms. The highest BCUT2D eigenvalue weighted by molar-refractivity contribution is 6.24. The van der Waals surface area contributed by atoms with Crippen molar-refractivity contribution in [1.82, 2.24) is 10.2 Å². The molecule has 9 nitrogen and oxygen atoms in total. The van der Waals surface area contributed by atoms with Crippen LogP contribution in [0.2, 0.25) is 0 Å². The van der Waals surface area contributed by atoms with Gasteiger partial charge in [-0.1, -0.05) is 54.2 Å². The number of nitrogens with one attached hydrogen (secondary N) is 1. The highest BCUT2D eigenvalue weighted by atomic mass is 16.6. The molecular weight excluding hydrogens is 594 g/mol. The number of ether oxygens (including phenoxy) is 2. The summed E-state index contributed by atoms with van der Waals surface area (Å²) in [4.78, 5) is 48.6. The molecule has 2 aromatic rings. The van der Waals surface area contributed by atoms with Crippen molar-refractivity contribution in [2.45, 2.75) is 57.1 Å². The second-order valence-electron chi connectivity index (χ2n) is 12.5. The Hall–Kier alpha value is -4.66. The zero-order valence-electron chi connectivity index (χ0n) is 27.4. The molecule has 2 amide bonds. The van der Waals surface area contributed by atoms with Gasteiger partial charge in [0.1, 0.15) is 29.7 Å². The van der Waals surface area contributed by atoms with Gasteiger partial charge in [0.2, 0.25) is 11.8 Å². The third-order valence-corrected chi connectivity index (χ3v) is 9.37. The van der Waals surface area contributed by atoms with Gasteiger partial charge in [-0.2, -0.15) is 0 Å². The Kier molecular flexibility index (Phi) is 10.6. The van der Waals surface area contributed by atoms with Gasteiger partial charge < -0.3 is 24.5 Å². The van der Waals surface area contributed by atoms with E-state index in [0.29, 0.717) is 37.5 Å². The molecule has 2 aromatic carbocycles. The van der Waals surface area contributed by atoms with E-state index in [1.807, 2.05) is 48.5 Å². The highest BCUT2D eigenvalue weighted by Gasteiger charge is 2.62. The fourth-order valence-electron chi connectivity index (χ4n) is 6.74. The summed E-state index contributed by atoms with van der Waals surface area (Å²) in [7, 11) is 1.77. The summed E-state index contributed by atoms with van der Waals surface area (Å²) in [5.41, 5.74) is 3.40. The largest absolute Gasteiger partial charge is 0.490 e. The number of oxime groups is 1. The van der Waals surface area contributed by atoms with Crippen LogP contribution in [-0.2, 0) is 24.0 Å². The Labute approximate surface area is 277 Å². The number of nitrogens with zero attached hydrogens (tertiary/aromatic N) is 2. The van der Waals surface area contributed by atoms with Gasteiger partial charge in [-0.25, -0.2) is 4.79 Å². The molecule has 248 valence electrons. The first kappa shape index (κ1) is 33.7. The summed E-state index contributed by atoms with van der Waals surface area (Å²) >= 11 is 0. The van der Waals surface area contributed by atoms with Gasteiger partial charge in [0, 0.05) is 30.6 Å². The number of allylic oxidation sites excluding steroid dienone is 1. The monoisotopic (exact) mass is 639 g/mol. The van der Waals surface area contributed by atoms with Crippen LogP contribution < -0.4 is 10.1 Å². The maximum absolute atomic E-state index is 13.9. The van der Waals surface area contributed by atoms with Crippen LogP contribution in [0.5, 0.6) is 5.75 Å². The third kappa shape index (κ3) is 7.04. The van der Waals surface area contributed by atoms with Gasteiger partial charge >= 0.3 is 5.97 Å². The van der Waals surface area contributed by atoms with E-state index in [9.17, 15) is 14.4 Å². The average molecular weight is 640 g/mol. The summed E-state index contributed by atoms with van der Waals surface area (Å²) in [6.07, 6.45) is 8.37. The lowest BCUT2D eigenvalue weighted by atomic mass is 9.93. The smallest absolute Gasteiger partial charge is 0.332 e. The molecule has 9 heteroatoms. The van der Waals surface area contributed by atoms with E-state index in [0.717, 1.165) is 41.5 Å². The van der Waals surface area contributed by atoms with Crippen LogP contribution in [0.25, 0.3) is 11.1 Å².